The molecule has 2 saturated heterocycles. The molecule has 5 aromatic carbocycles. The molecule has 7 rings (SSSR count). The van der Waals surface area contributed by atoms with Crippen molar-refractivity contribution in [3.8, 4) is 11.1 Å². The van der Waals surface area contributed by atoms with Crippen molar-refractivity contribution >= 4 is 60.5 Å². The number of halogens is 4. The summed E-state index contributed by atoms with van der Waals surface area (Å²) in [4.78, 5) is 16.6. The number of likely N-dealkylation sites (tertiary alicyclic amines) is 1. The van der Waals surface area contributed by atoms with E-state index in [2.05, 4.69) is 20.4 Å². The van der Waals surface area contributed by atoms with E-state index >= 15 is 0 Å². The van der Waals surface area contributed by atoms with Gasteiger partial charge in [0.05, 0.1) is 16.7 Å². The highest BCUT2D eigenvalue weighted by atomic mass is 35.5. The number of amides is 1. The molecule has 5 aromatic rings. The van der Waals surface area contributed by atoms with Crippen LogP contribution < -0.4 is 20.3 Å². The molecule has 18 heteroatoms. The van der Waals surface area contributed by atoms with E-state index in [1.165, 1.54) is 23.9 Å². The van der Waals surface area contributed by atoms with Crippen molar-refractivity contribution in [3.05, 3.63) is 137 Å². The lowest BCUT2D eigenvalue weighted by atomic mass is 9.84. The zero-order chi connectivity index (χ0) is 47.1. The number of benzene rings is 5. The number of thioether (sulfide) groups is 1. The van der Waals surface area contributed by atoms with Crippen LogP contribution in [0.2, 0.25) is 5.02 Å². The Labute approximate surface area is 394 Å². The molecule has 0 aliphatic carbocycles. The van der Waals surface area contributed by atoms with Gasteiger partial charge in [0.1, 0.15) is 4.90 Å². The topological polar surface area (TPSA) is 148 Å². The molecule has 0 aromatic heterocycles. The number of alkyl halides is 3. The Balaban J connectivity index is 1.04. The third-order valence-electron chi connectivity index (χ3n) is 12.3. The Morgan fingerprint density at radius 1 is 0.864 bits per heavy atom. The average molecular weight is 985 g/mol. The first-order chi connectivity index (χ1) is 31.5. The quantitative estimate of drug-likeness (QED) is 0.0624. The third-order valence-corrected chi connectivity index (χ3v) is 16.5. The first-order valence-corrected chi connectivity index (χ1v) is 26.1. The van der Waals surface area contributed by atoms with Gasteiger partial charge in [0.2, 0.25) is 0 Å². The zero-order valence-corrected chi connectivity index (χ0v) is 39.5. The summed E-state index contributed by atoms with van der Waals surface area (Å²) in [6, 6.07) is 32.9. The molecule has 0 unspecified atom stereocenters. The Bertz CT molecular complexity index is 2660. The summed E-state index contributed by atoms with van der Waals surface area (Å²) < 4.78 is 98.3. The van der Waals surface area contributed by atoms with Crippen LogP contribution in [0.4, 0.5) is 24.5 Å². The van der Waals surface area contributed by atoms with E-state index in [9.17, 15) is 39.9 Å². The van der Waals surface area contributed by atoms with Gasteiger partial charge in [0.15, 0.2) is 0 Å². The first-order valence-electron chi connectivity index (χ1n) is 21.8. The maximum Gasteiger partial charge on any atom is 0.501 e. The van der Waals surface area contributed by atoms with Crippen molar-refractivity contribution in [2.24, 2.45) is 5.92 Å². The second kappa shape index (κ2) is 21.6. The van der Waals surface area contributed by atoms with Crippen LogP contribution in [0.3, 0.4) is 0 Å². The summed E-state index contributed by atoms with van der Waals surface area (Å²) in [7, 11) is -9.09. The number of nitrogens with one attached hydrogen (secondary N) is 3. The molecule has 0 radical (unpaired) electrons. The molecule has 0 bridgehead atoms. The minimum atomic E-state index is -6.07. The number of sulfonamides is 1. The maximum atomic E-state index is 14.3. The molecule has 1 amide bonds. The first kappa shape index (κ1) is 49.3. The van der Waals surface area contributed by atoms with Crippen molar-refractivity contribution in [2.45, 2.75) is 70.5 Å². The summed E-state index contributed by atoms with van der Waals surface area (Å²) in [5.74, 6) is -0.691. The van der Waals surface area contributed by atoms with E-state index in [-0.39, 0.29) is 17.5 Å². The summed E-state index contributed by atoms with van der Waals surface area (Å²) in [6.07, 6.45) is 2.95. The summed E-state index contributed by atoms with van der Waals surface area (Å²) in [5, 5.41) is 18.3. The number of sulfone groups is 1. The summed E-state index contributed by atoms with van der Waals surface area (Å²) in [6.45, 7) is 3.59. The lowest BCUT2D eigenvalue weighted by Gasteiger charge is -2.36. The molecule has 0 spiro atoms. The second-order valence-electron chi connectivity index (χ2n) is 16.6. The van der Waals surface area contributed by atoms with E-state index in [1.54, 1.807) is 12.1 Å². The largest absolute Gasteiger partial charge is 0.501 e. The highest BCUT2D eigenvalue weighted by molar-refractivity contribution is 7.99. The Morgan fingerprint density at radius 3 is 2.23 bits per heavy atom. The molecule has 2 fully saturated rings. The number of hydrogen-bond donors (Lipinski definition) is 4. The second-order valence-corrected chi connectivity index (χ2v) is 21.7. The van der Waals surface area contributed by atoms with Crippen LogP contribution in [0, 0.1) is 5.92 Å². The van der Waals surface area contributed by atoms with Gasteiger partial charge < -0.3 is 20.6 Å². The molecule has 352 valence electrons. The van der Waals surface area contributed by atoms with E-state index in [0.717, 1.165) is 71.9 Å². The smallest absolute Gasteiger partial charge is 0.388 e. The molecule has 0 saturated carbocycles. The molecule has 2 heterocycles. The lowest BCUT2D eigenvalue weighted by molar-refractivity contribution is -0.0435. The number of aliphatic hydroxyl groups excluding tert-OH is 1. The van der Waals surface area contributed by atoms with Crippen LogP contribution in [-0.2, 0) is 19.9 Å². The number of likely N-dealkylation sites (N-methyl/N-ethyl adjacent to an activating group) is 1. The molecular formula is C48H53ClF3N5O6S3. The number of hydrogen-bond acceptors (Lipinski definition) is 11. The third kappa shape index (κ3) is 11.9. The molecule has 2 aliphatic rings. The maximum absolute atomic E-state index is 14.3. The molecule has 4 N–H and O–H groups in total. The molecular weight excluding hydrogens is 931 g/mol. The fraction of sp³-hybridized carbons (Fsp3) is 0.354. The molecule has 66 heavy (non-hydrogen) atoms. The fourth-order valence-electron chi connectivity index (χ4n) is 8.72. The van der Waals surface area contributed by atoms with Gasteiger partial charge in [-0.25, -0.2) is 21.6 Å². The minimum absolute atomic E-state index is 0.0160. The summed E-state index contributed by atoms with van der Waals surface area (Å²) >= 11 is 7.57. The van der Waals surface area contributed by atoms with Crippen molar-refractivity contribution < 1.29 is 39.9 Å². The van der Waals surface area contributed by atoms with E-state index in [1.807, 2.05) is 90.6 Å². The fourth-order valence-corrected chi connectivity index (χ4v) is 11.8. The van der Waals surface area contributed by atoms with E-state index < -0.39 is 58.9 Å². The Hall–Kier alpha value is -4.62. The predicted molar refractivity (Wildman–Crippen MR) is 255 cm³/mol. The standard InChI is InChI=1S/C48H53ClF3N5O6S3/c1-53-25-29-56-26-7-8-39(56)30-37(32-64-40-9-3-2-4-10-40)54-44-22-21-41(31-45(44)65(60,61)48(50,51)52)66(62,63)55-47(59)35-15-19-38(20-16-35)57-27-23-34(24-28-57)46(58)43-12-6-5-11-42(43)33-13-17-36(49)18-14-33/h2-6,9-22,31,34,37,39,46,53-54,58H,7-8,23-30,32H2,1H3,(H,55,59)/t37-,39+,46-/m1/s1. The van der Waals surface area contributed by atoms with Crippen molar-refractivity contribution in [1.82, 2.24) is 14.9 Å². The number of carbonyl (C=O) groups is 1. The summed E-state index contributed by atoms with van der Waals surface area (Å²) in [5.41, 5.74) is -2.70. The monoisotopic (exact) mass is 983 g/mol. The highest BCUT2D eigenvalue weighted by Gasteiger charge is 2.48. The van der Waals surface area contributed by atoms with Gasteiger partial charge in [-0.3, -0.25) is 9.69 Å². The van der Waals surface area contributed by atoms with Crippen molar-refractivity contribution in [3.63, 3.8) is 0 Å². The van der Waals surface area contributed by atoms with Crippen LogP contribution in [0.1, 0.15) is 54.1 Å². The van der Waals surface area contributed by atoms with Gasteiger partial charge in [-0.1, -0.05) is 66.2 Å². The van der Waals surface area contributed by atoms with Gasteiger partial charge in [-0.15, -0.1) is 11.8 Å². The minimum Gasteiger partial charge on any atom is -0.388 e. The van der Waals surface area contributed by atoms with Gasteiger partial charge in [0.25, 0.3) is 25.8 Å². The van der Waals surface area contributed by atoms with Crippen LogP contribution in [0.15, 0.2) is 136 Å². The van der Waals surface area contributed by atoms with Crippen molar-refractivity contribution in [2.75, 3.05) is 55.7 Å². The van der Waals surface area contributed by atoms with Gasteiger partial charge in [0, 0.05) is 65.2 Å². The number of anilines is 2. The van der Waals surface area contributed by atoms with E-state index in [4.69, 9.17) is 11.6 Å². The Morgan fingerprint density at radius 2 is 1.55 bits per heavy atom. The Kier molecular flexibility index (Phi) is 16.1. The van der Waals surface area contributed by atoms with Crippen LogP contribution in [-0.4, -0.2) is 95.9 Å². The number of rotatable bonds is 18. The van der Waals surface area contributed by atoms with E-state index in [0.29, 0.717) is 49.2 Å². The number of aliphatic hydroxyl groups is 1. The average Bonchev–Trinajstić information content (AvgIpc) is 3.76. The normalized spacial score (nSPS) is 17.4. The SMILES string of the molecule is CNCCN1CCC[C@H]1C[C@H](CSc1ccccc1)Nc1ccc(S(=O)(=O)NC(=O)c2ccc(N3CCC([C@@H](O)c4ccccc4-c4ccc(Cl)cc4)CC3)cc2)cc1S(=O)(=O)C(F)(F)F. The molecule has 3 atom stereocenters. The van der Waals surface area contributed by atoms with Gasteiger partial charge in [-0.2, -0.15) is 13.2 Å². The number of piperidine rings is 1. The van der Waals surface area contributed by atoms with Crippen LogP contribution in [0.25, 0.3) is 11.1 Å². The van der Waals surface area contributed by atoms with Gasteiger partial charge >= 0.3 is 5.51 Å². The highest BCUT2D eigenvalue weighted by Crippen LogP contribution is 2.39. The number of nitrogens with zero attached hydrogens (tertiary/aromatic N) is 2. The lowest BCUT2D eigenvalue weighted by Crippen LogP contribution is -2.39. The van der Waals surface area contributed by atoms with Crippen LogP contribution in [0.5, 0.6) is 0 Å². The number of carbonyl (C=O) groups excluding carboxylic acids is 1. The predicted octanol–water partition coefficient (Wildman–Crippen LogP) is 9.02. The molecule has 2 aliphatic heterocycles. The molecule has 11 nitrogen and oxygen atoms in total. The van der Waals surface area contributed by atoms with Crippen molar-refractivity contribution in [1.29, 1.82) is 0 Å². The van der Waals surface area contributed by atoms with Gasteiger partial charge in [-0.05, 0) is 135 Å². The van der Waals surface area contributed by atoms with Crippen LogP contribution >= 0.6 is 23.4 Å². The zero-order valence-electron chi connectivity index (χ0n) is 36.3.